The summed E-state index contributed by atoms with van der Waals surface area (Å²) in [6.45, 7) is 6.35. The molecule has 1 aliphatic carbocycles. The van der Waals surface area contributed by atoms with Crippen LogP contribution in [0.25, 0.3) is 0 Å². The molecule has 6 nitrogen and oxygen atoms in total. The minimum atomic E-state index is -0.0673. The molecule has 1 fully saturated rings. The Bertz CT molecular complexity index is 858. The van der Waals surface area contributed by atoms with Gasteiger partial charge in [-0.2, -0.15) is 5.26 Å². The van der Waals surface area contributed by atoms with E-state index in [0.29, 0.717) is 36.1 Å². The smallest absolute Gasteiger partial charge is 0.224 e. The molecule has 0 unspecified atom stereocenters. The molecule has 142 valence electrons. The SMILES string of the molecule is Cc1ccc(C#N)cc1NC(=O)CCc1nnc(CCC(C)C)n1C1CC1. The van der Waals surface area contributed by atoms with Crippen molar-refractivity contribution in [1.82, 2.24) is 14.8 Å². The number of aromatic nitrogens is 3. The molecule has 27 heavy (non-hydrogen) atoms. The number of carbonyl (C=O) groups is 1. The molecule has 1 saturated carbocycles. The summed E-state index contributed by atoms with van der Waals surface area (Å²) in [5.41, 5.74) is 2.18. The third kappa shape index (κ3) is 4.94. The third-order valence-corrected chi connectivity index (χ3v) is 4.91. The molecule has 0 atom stereocenters. The van der Waals surface area contributed by atoms with Gasteiger partial charge < -0.3 is 9.88 Å². The van der Waals surface area contributed by atoms with Crippen LogP contribution in [-0.4, -0.2) is 20.7 Å². The third-order valence-electron chi connectivity index (χ3n) is 4.91. The normalized spacial score (nSPS) is 13.6. The van der Waals surface area contributed by atoms with Gasteiger partial charge in [-0.1, -0.05) is 19.9 Å². The number of hydrogen-bond donors (Lipinski definition) is 1. The standard InChI is InChI=1S/C21H27N5O/c1-14(2)4-9-19-24-25-20(26(19)17-7-8-17)10-11-21(27)23-18-12-16(13-22)6-5-15(18)3/h5-6,12,14,17H,4,7-11H2,1-3H3,(H,23,27). The van der Waals surface area contributed by atoms with Crippen LogP contribution in [0, 0.1) is 24.2 Å². The van der Waals surface area contributed by atoms with Gasteiger partial charge in [0.05, 0.1) is 11.6 Å². The minimum absolute atomic E-state index is 0.0673. The summed E-state index contributed by atoms with van der Waals surface area (Å²) >= 11 is 0. The van der Waals surface area contributed by atoms with Gasteiger partial charge in [0.2, 0.25) is 5.91 Å². The van der Waals surface area contributed by atoms with E-state index in [1.54, 1.807) is 12.1 Å². The van der Waals surface area contributed by atoms with Gasteiger partial charge in [0.25, 0.3) is 0 Å². The minimum Gasteiger partial charge on any atom is -0.326 e. The van der Waals surface area contributed by atoms with Crippen LogP contribution in [0.5, 0.6) is 0 Å². The van der Waals surface area contributed by atoms with Gasteiger partial charge in [0.15, 0.2) is 0 Å². The predicted octanol–water partition coefficient (Wildman–Crippen LogP) is 3.95. The van der Waals surface area contributed by atoms with Crippen molar-refractivity contribution in [3.05, 3.63) is 41.0 Å². The first-order valence-electron chi connectivity index (χ1n) is 9.71. The Labute approximate surface area is 160 Å². The molecular formula is C21H27N5O. The summed E-state index contributed by atoms with van der Waals surface area (Å²) in [6.07, 6.45) is 5.31. The lowest BCUT2D eigenvalue weighted by Gasteiger charge is -2.11. The lowest BCUT2D eigenvalue weighted by Crippen LogP contribution is -2.15. The molecule has 0 radical (unpaired) electrons. The van der Waals surface area contributed by atoms with E-state index in [1.165, 1.54) is 12.8 Å². The molecule has 0 spiro atoms. The summed E-state index contributed by atoms with van der Waals surface area (Å²) < 4.78 is 2.26. The Kier molecular flexibility index (Phi) is 5.90. The van der Waals surface area contributed by atoms with E-state index in [9.17, 15) is 4.79 Å². The second-order valence-electron chi connectivity index (χ2n) is 7.76. The van der Waals surface area contributed by atoms with Crippen LogP contribution in [0.15, 0.2) is 18.2 Å². The molecule has 3 rings (SSSR count). The Hall–Kier alpha value is -2.68. The van der Waals surface area contributed by atoms with Gasteiger partial charge in [-0.05, 0) is 49.8 Å². The van der Waals surface area contributed by atoms with Crippen molar-refractivity contribution >= 4 is 11.6 Å². The highest BCUT2D eigenvalue weighted by molar-refractivity contribution is 5.91. The average Bonchev–Trinajstić information content (AvgIpc) is 3.40. The van der Waals surface area contributed by atoms with Crippen LogP contribution >= 0.6 is 0 Å². The van der Waals surface area contributed by atoms with E-state index >= 15 is 0 Å². The molecule has 1 heterocycles. The highest BCUT2D eigenvalue weighted by Gasteiger charge is 2.29. The fraction of sp³-hybridized carbons (Fsp3) is 0.524. The number of benzene rings is 1. The first kappa shape index (κ1) is 19.1. The molecule has 0 aliphatic heterocycles. The maximum Gasteiger partial charge on any atom is 0.224 e. The first-order chi connectivity index (χ1) is 13.0. The van der Waals surface area contributed by atoms with E-state index in [2.05, 4.69) is 40.0 Å². The first-order valence-corrected chi connectivity index (χ1v) is 9.71. The van der Waals surface area contributed by atoms with E-state index in [0.717, 1.165) is 30.1 Å². The van der Waals surface area contributed by atoms with Crippen molar-refractivity contribution in [3.8, 4) is 6.07 Å². The zero-order valence-electron chi connectivity index (χ0n) is 16.3. The molecule has 0 bridgehead atoms. The molecule has 1 aliphatic rings. The number of amides is 1. The molecule has 1 aromatic carbocycles. The van der Waals surface area contributed by atoms with Crippen molar-refractivity contribution in [3.63, 3.8) is 0 Å². The number of anilines is 1. The Morgan fingerprint density at radius 3 is 2.63 bits per heavy atom. The lowest BCUT2D eigenvalue weighted by atomic mass is 10.1. The maximum absolute atomic E-state index is 12.4. The van der Waals surface area contributed by atoms with Crippen molar-refractivity contribution in [2.75, 3.05) is 5.32 Å². The molecule has 1 N–H and O–H groups in total. The lowest BCUT2D eigenvalue weighted by molar-refractivity contribution is -0.116. The number of nitriles is 1. The van der Waals surface area contributed by atoms with Crippen LogP contribution in [0.1, 0.15) is 68.3 Å². The van der Waals surface area contributed by atoms with Crippen molar-refractivity contribution in [2.24, 2.45) is 5.92 Å². The van der Waals surface area contributed by atoms with Gasteiger partial charge in [0.1, 0.15) is 11.6 Å². The summed E-state index contributed by atoms with van der Waals surface area (Å²) in [6, 6.07) is 7.92. The maximum atomic E-state index is 12.4. The second-order valence-corrected chi connectivity index (χ2v) is 7.76. The molecule has 0 saturated heterocycles. The summed E-state index contributed by atoms with van der Waals surface area (Å²) in [7, 11) is 0. The van der Waals surface area contributed by atoms with Crippen LogP contribution in [0.4, 0.5) is 5.69 Å². The van der Waals surface area contributed by atoms with E-state index in [1.807, 2.05) is 13.0 Å². The highest BCUT2D eigenvalue weighted by atomic mass is 16.1. The van der Waals surface area contributed by atoms with E-state index in [-0.39, 0.29) is 5.91 Å². The van der Waals surface area contributed by atoms with E-state index in [4.69, 9.17) is 5.26 Å². The van der Waals surface area contributed by atoms with Gasteiger partial charge >= 0.3 is 0 Å². The molecule has 6 heteroatoms. The van der Waals surface area contributed by atoms with Gasteiger partial charge in [0, 0.05) is 31.0 Å². The number of rotatable bonds is 8. The number of hydrogen-bond acceptors (Lipinski definition) is 4. The van der Waals surface area contributed by atoms with Crippen LogP contribution in [0.3, 0.4) is 0 Å². The number of nitrogens with one attached hydrogen (secondary N) is 1. The van der Waals surface area contributed by atoms with Gasteiger partial charge in [-0.15, -0.1) is 10.2 Å². The molecule has 1 aromatic heterocycles. The zero-order valence-corrected chi connectivity index (χ0v) is 16.3. The predicted molar refractivity (Wildman–Crippen MR) is 104 cm³/mol. The van der Waals surface area contributed by atoms with Crippen molar-refractivity contribution < 1.29 is 4.79 Å². The molecule has 2 aromatic rings. The largest absolute Gasteiger partial charge is 0.326 e. The molecule has 1 amide bonds. The van der Waals surface area contributed by atoms with Crippen molar-refractivity contribution in [1.29, 1.82) is 5.26 Å². The topological polar surface area (TPSA) is 83.6 Å². The number of nitrogens with zero attached hydrogens (tertiary/aromatic N) is 4. The molecular weight excluding hydrogens is 338 g/mol. The van der Waals surface area contributed by atoms with Crippen molar-refractivity contribution in [2.45, 2.75) is 65.3 Å². The quantitative estimate of drug-likeness (QED) is 0.767. The Morgan fingerprint density at radius 2 is 2.00 bits per heavy atom. The van der Waals surface area contributed by atoms with Crippen LogP contribution in [0.2, 0.25) is 0 Å². The number of carbonyl (C=O) groups excluding carboxylic acids is 1. The zero-order chi connectivity index (χ0) is 19.4. The summed E-state index contributed by atoms with van der Waals surface area (Å²) in [5.74, 6) is 2.53. The van der Waals surface area contributed by atoms with Gasteiger partial charge in [-0.25, -0.2) is 0 Å². The van der Waals surface area contributed by atoms with Crippen LogP contribution < -0.4 is 5.32 Å². The average molecular weight is 365 g/mol. The number of aryl methyl sites for hydroxylation is 3. The highest BCUT2D eigenvalue weighted by Crippen LogP contribution is 2.37. The Morgan fingerprint density at radius 1 is 1.30 bits per heavy atom. The fourth-order valence-corrected chi connectivity index (χ4v) is 3.14. The summed E-state index contributed by atoms with van der Waals surface area (Å²) in [4.78, 5) is 12.4. The fourth-order valence-electron chi connectivity index (χ4n) is 3.14. The second kappa shape index (κ2) is 8.34. The monoisotopic (exact) mass is 365 g/mol. The Balaban J connectivity index is 1.63. The summed E-state index contributed by atoms with van der Waals surface area (Å²) in [5, 5.41) is 20.7. The van der Waals surface area contributed by atoms with Crippen LogP contribution in [-0.2, 0) is 17.6 Å². The van der Waals surface area contributed by atoms with E-state index < -0.39 is 0 Å². The van der Waals surface area contributed by atoms with Gasteiger partial charge in [-0.3, -0.25) is 4.79 Å².